The molecule has 0 aliphatic carbocycles. The van der Waals surface area contributed by atoms with Crippen LogP contribution in [0, 0.1) is 10.1 Å². The van der Waals surface area contributed by atoms with E-state index in [1.807, 2.05) is 24.3 Å². The van der Waals surface area contributed by atoms with Crippen molar-refractivity contribution in [1.82, 2.24) is 0 Å². The van der Waals surface area contributed by atoms with E-state index in [0.717, 1.165) is 9.37 Å². The third-order valence-electron chi connectivity index (χ3n) is 2.19. The lowest BCUT2D eigenvalue weighted by Crippen LogP contribution is -1.88. The SMILES string of the molecule is O=[N+]([O-])c1cc(Sc2ccc(Br)cc2)ccc1O. The van der Waals surface area contributed by atoms with Crippen molar-refractivity contribution in [3.8, 4) is 5.75 Å². The van der Waals surface area contributed by atoms with Gasteiger partial charge in [-0.25, -0.2) is 0 Å². The second kappa shape index (κ2) is 5.41. The van der Waals surface area contributed by atoms with Crippen LogP contribution in [0.25, 0.3) is 0 Å². The fraction of sp³-hybridized carbons (Fsp3) is 0. The zero-order valence-corrected chi connectivity index (χ0v) is 11.4. The average Bonchev–Trinajstić information content (AvgIpc) is 2.34. The first-order chi connectivity index (χ1) is 8.56. The Kier molecular flexibility index (Phi) is 3.88. The molecule has 0 saturated carbocycles. The predicted octanol–water partition coefficient (Wildman–Crippen LogP) is 4.21. The smallest absolute Gasteiger partial charge is 0.311 e. The first-order valence-corrected chi connectivity index (χ1v) is 6.58. The number of nitro benzene ring substituents is 1. The minimum atomic E-state index is -0.596. The summed E-state index contributed by atoms with van der Waals surface area (Å²) in [5.41, 5.74) is -0.280. The third-order valence-corrected chi connectivity index (χ3v) is 3.72. The van der Waals surface area contributed by atoms with Crippen LogP contribution in [0.15, 0.2) is 56.7 Å². The van der Waals surface area contributed by atoms with Gasteiger partial charge in [-0.1, -0.05) is 27.7 Å². The molecule has 0 saturated heterocycles. The molecule has 0 aliphatic heterocycles. The standard InChI is InChI=1S/C12H8BrNO3S/c13-8-1-3-9(4-2-8)18-10-5-6-12(15)11(7-10)14(16)17/h1-7,15H. The molecule has 0 unspecified atom stereocenters. The Bertz CT molecular complexity index is 586. The van der Waals surface area contributed by atoms with Crippen molar-refractivity contribution in [3.63, 3.8) is 0 Å². The fourth-order valence-corrected chi connectivity index (χ4v) is 2.47. The first-order valence-electron chi connectivity index (χ1n) is 4.97. The van der Waals surface area contributed by atoms with Crippen LogP contribution in [-0.4, -0.2) is 10.0 Å². The zero-order chi connectivity index (χ0) is 13.1. The van der Waals surface area contributed by atoms with Crippen molar-refractivity contribution in [2.45, 2.75) is 9.79 Å². The Morgan fingerprint density at radius 2 is 1.72 bits per heavy atom. The minimum Gasteiger partial charge on any atom is -0.502 e. The number of phenols is 1. The summed E-state index contributed by atoms with van der Waals surface area (Å²) in [5, 5.41) is 20.1. The lowest BCUT2D eigenvalue weighted by atomic mass is 10.3. The van der Waals surface area contributed by atoms with Crippen LogP contribution in [0.2, 0.25) is 0 Å². The highest BCUT2D eigenvalue weighted by Crippen LogP contribution is 2.34. The van der Waals surface area contributed by atoms with Crippen molar-refractivity contribution in [1.29, 1.82) is 0 Å². The Morgan fingerprint density at radius 1 is 1.11 bits per heavy atom. The number of phenolic OH excluding ortho intramolecular Hbond substituents is 1. The molecule has 2 aromatic carbocycles. The molecule has 0 fully saturated rings. The summed E-state index contributed by atoms with van der Waals surface area (Å²) in [6.45, 7) is 0. The number of aromatic hydroxyl groups is 1. The minimum absolute atomic E-state index is 0.280. The predicted molar refractivity (Wildman–Crippen MR) is 73.0 cm³/mol. The van der Waals surface area contributed by atoms with Crippen LogP contribution in [0.4, 0.5) is 5.69 Å². The first kappa shape index (κ1) is 12.9. The van der Waals surface area contributed by atoms with Gasteiger partial charge in [0.2, 0.25) is 0 Å². The van der Waals surface area contributed by atoms with Crippen molar-refractivity contribution in [2.75, 3.05) is 0 Å². The highest BCUT2D eigenvalue weighted by molar-refractivity contribution is 9.10. The fourth-order valence-electron chi connectivity index (χ4n) is 1.35. The van der Waals surface area contributed by atoms with Crippen LogP contribution in [0.5, 0.6) is 5.75 Å². The van der Waals surface area contributed by atoms with Gasteiger partial charge < -0.3 is 5.11 Å². The van der Waals surface area contributed by atoms with Crippen LogP contribution in [0.1, 0.15) is 0 Å². The second-order valence-corrected chi connectivity index (χ2v) is 5.53. The number of benzene rings is 2. The maximum absolute atomic E-state index is 10.7. The molecule has 4 nitrogen and oxygen atoms in total. The monoisotopic (exact) mass is 325 g/mol. The van der Waals surface area contributed by atoms with E-state index in [0.29, 0.717) is 4.90 Å². The van der Waals surface area contributed by atoms with Gasteiger partial charge in [0, 0.05) is 20.3 Å². The molecule has 2 rings (SSSR count). The Balaban J connectivity index is 2.27. The molecule has 0 spiro atoms. The number of nitrogens with zero attached hydrogens (tertiary/aromatic N) is 1. The van der Waals surface area contributed by atoms with Crippen molar-refractivity contribution >= 4 is 33.4 Å². The summed E-state index contributed by atoms with van der Waals surface area (Å²) in [5.74, 6) is -0.319. The second-order valence-electron chi connectivity index (χ2n) is 3.46. The van der Waals surface area contributed by atoms with Crippen molar-refractivity contribution in [3.05, 3.63) is 57.1 Å². The molecule has 0 atom stereocenters. The molecular weight excluding hydrogens is 318 g/mol. The molecule has 0 bridgehead atoms. The molecule has 0 radical (unpaired) electrons. The maximum Gasteiger partial charge on any atom is 0.311 e. The van der Waals surface area contributed by atoms with E-state index in [2.05, 4.69) is 15.9 Å². The summed E-state index contributed by atoms with van der Waals surface area (Å²) in [4.78, 5) is 11.8. The summed E-state index contributed by atoms with van der Waals surface area (Å²) in [6, 6.07) is 12.0. The summed E-state index contributed by atoms with van der Waals surface area (Å²) < 4.78 is 0.975. The maximum atomic E-state index is 10.7. The van der Waals surface area contributed by atoms with E-state index < -0.39 is 4.92 Å². The van der Waals surface area contributed by atoms with E-state index in [9.17, 15) is 15.2 Å². The molecular formula is C12H8BrNO3S. The van der Waals surface area contributed by atoms with Gasteiger partial charge in [0.05, 0.1) is 4.92 Å². The number of rotatable bonds is 3. The lowest BCUT2D eigenvalue weighted by Gasteiger charge is -2.03. The van der Waals surface area contributed by atoms with Gasteiger partial charge in [-0.3, -0.25) is 10.1 Å². The lowest BCUT2D eigenvalue weighted by molar-refractivity contribution is -0.386. The van der Waals surface area contributed by atoms with E-state index in [-0.39, 0.29) is 11.4 Å². The Morgan fingerprint density at radius 3 is 2.33 bits per heavy atom. The van der Waals surface area contributed by atoms with E-state index in [1.54, 1.807) is 6.07 Å². The van der Waals surface area contributed by atoms with Crippen LogP contribution in [-0.2, 0) is 0 Å². The van der Waals surface area contributed by atoms with Gasteiger partial charge in [0.15, 0.2) is 5.75 Å². The number of halogens is 1. The highest BCUT2D eigenvalue weighted by Gasteiger charge is 2.13. The van der Waals surface area contributed by atoms with E-state index >= 15 is 0 Å². The molecule has 1 N–H and O–H groups in total. The van der Waals surface area contributed by atoms with Gasteiger partial charge in [0.25, 0.3) is 0 Å². The van der Waals surface area contributed by atoms with Gasteiger partial charge in [-0.15, -0.1) is 0 Å². The van der Waals surface area contributed by atoms with Crippen LogP contribution >= 0.6 is 27.7 Å². The molecule has 92 valence electrons. The van der Waals surface area contributed by atoms with Gasteiger partial charge in [-0.05, 0) is 36.4 Å². The number of hydrogen-bond acceptors (Lipinski definition) is 4. The van der Waals surface area contributed by atoms with Crippen LogP contribution < -0.4 is 0 Å². The van der Waals surface area contributed by atoms with Crippen LogP contribution in [0.3, 0.4) is 0 Å². The molecule has 0 aliphatic rings. The zero-order valence-electron chi connectivity index (χ0n) is 9.04. The molecule has 2 aromatic rings. The van der Waals surface area contributed by atoms with Crippen molar-refractivity contribution < 1.29 is 10.0 Å². The Labute approximate surface area is 116 Å². The quantitative estimate of drug-likeness (QED) is 0.678. The van der Waals surface area contributed by atoms with E-state index in [4.69, 9.17) is 0 Å². The summed E-state index contributed by atoms with van der Waals surface area (Å²) in [7, 11) is 0. The molecule has 0 heterocycles. The molecule has 0 aromatic heterocycles. The molecule has 6 heteroatoms. The van der Waals surface area contributed by atoms with Gasteiger partial charge in [-0.2, -0.15) is 0 Å². The van der Waals surface area contributed by atoms with E-state index in [1.165, 1.54) is 23.9 Å². The molecule has 18 heavy (non-hydrogen) atoms. The summed E-state index contributed by atoms with van der Waals surface area (Å²) >= 11 is 4.74. The third kappa shape index (κ3) is 3.02. The van der Waals surface area contributed by atoms with Gasteiger partial charge >= 0.3 is 5.69 Å². The number of hydrogen-bond donors (Lipinski definition) is 1. The molecule has 0 amide bonds. The van der Waals surface area contributed by atoms with Crippen molar-refractivity contribution in [2.24, 2.45) is 0 Å². The largest absolute Gasteiger partial charge is 0.502 e. The number of nitro groups is 1. The summed E-state index contributed by atoms with van der Waals surface area (Å²) in [6.07, 6.45) is 0. The highest BCUT2D eigenvalue weighted by atomic mass is 79.9. The van der Waals surface area contributed by atoms with Gasteiger partial charge in [0.1, 0.15) is 0 Å². The normalized spacial score (nSPS) is 10.3. The Hall–Kier alpha value is -1.53. The topological polar surface area (TPSA) is 63.4 Å². The average molecular weight is 326 g/mol.